The lowest BCUT2D eigenvalue weighted by Gasteiger charge is -2.29. The summed E-state index contributed by atoms with van der Waals surface area (Å²) in [6, 6.07) is 11.0. The van der Waals surface area contributed by atoms with Crippen LogP contribution >= 0.6 is 0 Å². The van der Waals surface area contributed by atoms with Gasteiger partial charge in [0.1, 0.15) is 17.1 Å². The normalized spacial score (nSPS) is 14.7. The van der Waals surface area contributed by atoms with Crippen molar-refractivity contribution in [3.63, 3.8) is 0 Å². The predicted octanol–water partition coefficient (Wildman–Crippen LogP) is 3.55. The Balaban J connectivity index is 1.66. The molecule has 1 saturated heterocycles. The van der Waals surface area contributed by atoms with Crippen LogP contribution < -0.4 is 15.6 Å². The van der Waals surface area contributed by atoms with Gasteiger partial charge in [-0.3, -0.25) is 14.6 Å². The van der Waals surface area contributed by atoms with Gasteiger partial charge in [0.15, 0.2) is 0 Å². The molecular weight excluding hydrogens is 470 g/mol. The van der Waals surface area contributed by atoms with E-state index < -0.39 is 0 Å². The largest absolute Gasteiger partial charge is 0.496 e. The van der Waals surface area contributed by atoms with E-state index in [4.69, 9.17) is 9.26 Å². The first-order chi connectivity index (χ1) is 17.9. The molecule has 0 bridgehead atoms. The zero-order valence-corrected chi connectivity index (χ0v) is 21.6. The summed E-state index contributed by atoms with van der Waals surface area (Å²) in [5, 5.41) is 7.92. The highest BCUT2D eigenvalue weighted by molar-refractivity contribution is 5.99. The molecule has 0 saturated carbocycles. The van der Waals surface area contributed by atoms with Crippen LogP contribution in [0.1, 0.15) is 40.3 Å². The third-order valence-corrected chi connectivity index (χ3v) is 7.06. The lowest BCUT2D eigenvalue weighted by molar-refractivity contribution is 0.0915. The number of ether oxygens (including phenoxy) is 1. The molecule has 1 amide bonds. The molecule has 9 heteroatoms. The lowest BCUT2D eigenvalue weighted by atomic mass is 9.99. The number of nitrogens with zero attached hydrogens (tertiary/aromatic N) is 4. The Morgan fingerprint density at radius 3 is 2.62 bits per heavy atom. The molecule has 0 spiro atoms. The van der Waals surface area contributed by atoms with Crippen LogP contribution in [0.5, 0.6) is 5.75 Å². The molecule has 1 N–H and O–H groups in total. The van der Waals surface area contributed by atoms with Crippen molar-refractivity contribution in [2.45, 2.75) is 39.3 Å². The van der Waals surface area contributed by atoms with Crippen LogP contribution in [0.4, 0.5) is 0 Å². The molecule has 0 unspecified atom stereocenters. The SMILES string of the molecule is COc1cc2c(cc1-c1c(C)noc1C)cc(C(=O)NC1CCN(C)CC1)c(=O)n2Cc1ccccn1. The van der Waals surface area contributed by atoms with Gasteiger partial charge >= 0.3 is 0 Å². The summed E-state index contributed by atoms with van der Waals surface area (Å²) in [4.78, 5) is 33.8. The van der Waals surface area contributed by atoms with Crippen molar-refractivity contribution in [1.82, 2.24) is 24.9 Å². The van der Waals surface area contributed by atoms with Crippen molar-refractivity contribution in [3.05, 3.63) is 75.7 Å². The van der Waals surface area contributed by atoms with Gasteiger partial charge in [-0.2, -0.15) is 0 Å². The van der Waals surface area contributed by atoms with Crippen LogP contribution in [0, 0.1) is 13.8 Å². The molecule has 1 aliphatic heterocycles. The quantitative estimate of drug-likeness (QED) is 0.431. The molecule has 4 heterocycles. The number of piperidine rings is 1. The summed E-state index contributed by atoms with van der Waals surface area (Å²) in [5.41, 5.74) is 3.46. The number of aromatic nitrogens is 3. The monoisotopic (exact) mass is 501 g/mol. The van der Waals surface area contributed by atoms with E-state index in [-0.39, 0.29) is 29.6 Å². The average molecular weight is 502 g/mol. The second-order valence-corrected chi connectivity index (χ2v) is 9.63. The van der Waals surface area contributed by atoms with Gasteiger partial charge in [-0.15, -0.1) is 0 Å². The first-order valence-electron chi connectivity index (χ1n) is 12.4. The Hall–Kier alpha value is -3.98. The van der Waals surface area contributed by atoms with E-state index in [0.717, 1.165) is 48.1 Å². The van der Waals surface area contributed by atoms with E-state index in [1.165, 1.54) is 0 Å². The molecular formula is C28H31N5O4. The van der Waals surface area contributed by atoms with Crippen LogP contribution in [0.25, 0.3) is 22.0 Å². The summed E-state index contributed by atoms with van der Waals surface area (Å²) in [6.07, 6.45) is 3.39. The van der Waals surface area contributed by atoms with E-state index in [1.54, 1.807) is 23.9 Å². The minimum Gasteiger partial charge on any atom is -0.496 e. The van der Waals surface area contributed by atoms with Crippen LogP contribution in [-0.4, -0.2) is 58.8 Å². The third kappa shape index (κ3) is 4.86. The Kier molecular flexibility index (Phi) is 6.80. The smallest absolute Gasteiger partial charge is 0.264 e. The van der Waals surface area contributed by atoms with Crippen LogP contribution in [0.2, 0.25) is 0 Å². The Morgan fingerprint density at radius 2 is 1.97 bits per heavy atom. The maximum Gasteiger partial charge on any atom is 0.264 e. The summed E-state index contributed by atoms with van der Waals surface area (Å²) in [6.45, 7) is 5.76. The van der Waals surface area contributed by atoms with E-state index in [9.17, 15) is 9.59 Å². The zero-order valence-electron chi connectivity index (χ0n) is 21.6. The van der Waals surface area contributed by atoms with Gasteiger partial charge in [-0.25, -0.2) is 0 Å². The van der Waals surface area contributed by atoms with Crippen molar-refractivity contribution in [2.75, 3.05) is 27.2 Å². The number of hydrogen-bond acceptors (Lipinski definition) is 7. The number of aryl methyl sites for hydroxylation is 2. The maximum atomic E-state index is 13.7. The molecule has 0 radical (unpaired) electrons. The van der Waals surface area contributed by atoms with Gasteiger partial charge in [0.05, 0.1) is 36.1 Å². The minimum atomic E-state index is -0.365. The topological polar surface area (TPSA) is 102 Å². The number of hydrogen-bond donors (Lipinski definition) is 1. The number of carbonyl (C=O) groups is 1. The molecule has 0 aliphatic carbocycles. The third-order valence-electron chi connectivity index (χ3n) is 7.06. The van der Waals surface area contributed by atoms with Gasteiger partial charge < -0.3 is 24.0 Å². The molecule has 37 heavy (non-hydrogen) atoms. The fourth-order valence-electron chi connectivity index (χ4n) is 5.03. The molecule has 9 nitrogen and oxygen atoms in total. The number of fused-ring (bicyclic) bond motifs is 1. The first kappa shape index (κ1) is 24.7. The van der Waals surface area contributed by atoms with Gasteiger partial charge in [-0.05, 0) is 71.1 Å². The van der Waals surface area contributed by atoms with E-state index in [1.807, 2.05) is 44.2 Å². The Morgan fingerprint density at radius 1 is 1.19 bits per heavy atom. The van der Waals surface area contributed by atoms with Gasteiger partial charge in [0.25, 0.3) is 11.5 Å². The average Bonchev–Trinajstić information content (AvgIpc) is 3.24. The fourth-order valence-corrected chi connectivity index (χ4v) is 5.03. The number of benzene rings is 1. The Labute approximate surface area is 215 Å². The summed E-state index contributed by atoms with van der Waals surface area (Å²) in [5.74, 6) is 0.891. The van der Waals surface area contributed by atoms with Gasteiger partial charge in [0, 0.05) is 29.3 Å². The predicted molar refractivity (Wildman–Crippen MR) is 141 cm³/mol. The van der Waals surface area contributed by atoms with E-state index >= 15 is 0 Å². The summed E-state index contributed by atoms with van der Waals surface area (Å²) in [7, 11) is 3.66. The zero-order chi connectivity index (χ0) is 26.1. The molecule has 1 aromatic carbocycles. The van der Waals surface area contributed by atoms with Gasteiger partial charge in [-0.1, -0.05) is 11.2 Å². The highest BCUT2D eigenvalue weighted by Gasteiger charge is 2.24. The van der Waals surface area contributed by atoms with Crippen molar-refractivity contribution in [3.8, 4) is 16.9 Å². The molecule has 1 aliphatic rings. The molecule has 0 atom stereocenters. The summed E-state index contributed by atoms with van der Waals surface area (Å²) < 4.78 is 12.7. The standard InChI is InChI=1S/C28H31N5O4/c1-17-26(18(2)37-31-17)22-13-19-14-23(27(34)30-20-8-11-32(3)12-9-20)28(35)33(24(19)15-25(22)36-4)16-21-7-5-6-10-29-21/h5-7,10,13-15,20H,8-9,11-12,16H2,1-4H3,(H,30,34). The van der Waals surface area contributed by atoms with Gasteiger partial charge in [0.2, 0.25) is 0 Å². The number of carbonyl (C=O) groups excluding carboxylic acids is 1. The second kappa shape index (κ2) is 10.2. The minimum absolute atomic E-state index is 0.0387. The molecule has 1 fully saturated rings. The molecule has 192 valence electrons. The highest BCUT2D eigenvalue weighted by atomic mass is 16.5. The lowest BCUT2D eigenvalue weighted by Crippen LogP contribution is -2.45. The number of amides is 1. The van der Waals surface area contributed by atoms with E-state index in [0.29, 0.717) is 22.7 Å². The van der Waals surface area contributed by atoms with Crippen molar-refractivity contribution in [2.24, 2.45) is 0 Å². The van der Waals surface area contributed by atoms with Crippen molar-refractivity contribution >= 4 is 16.8 Å². The molecule has 5 rings (SSSR count). The molecule has 4 aromatic rings. The summed E-state index contributed by atoms with van der Waals surface area (Å²) >= 11 is 0. The molecule has 3 aromatic heterocycles. The number of likely N-dealkylation sites (tertiary alicyclic amines) is 1. The highest BCUT2D eigenvalue weighted by Crippen LogP contribution is 2.37. The van der Waals surface area contributed by atoms with Crippen molar-refractivity contribution < 1.29 is 14.1 Å². The van der Waals surface area contributed by atoms with Crippen LogP contribution in [-0.2, 0) is 6.54 Å². The number of rotatable bonds is 6. The fraction of sp³-hybridized carbons (Fsp3) is 0.357. The second-order valence-electron chi connectivity index (χ2n) is 9.63. The maximum absolute atomic E-state index is 13.7. The van der Waals surface area contributed by atoms with E-state index in [2.05, 4.69) is 27.4 Å². The number of pyridine rings is 2. The van der Waals surface area contributed by atoms with Crippen molar-refractivity contribution in [1.29, 1.82) is 0 Å². The van der Waals surface area contributed by atoms with Crippen LogP contribution in [0.15, 0.2) is 51.9 Å². The number of nitrogens with one attached hydrogen (secondary N) is 1. The Bertz CT molecular complexity index is 1480. The van der Waals surface area contributed by atoms with Crippen LogP contribution in [0.3, 0.4) is 0 Å². The first-order valence-corrected chi connectivity index (χ1v) is 12.4. The number of methoxy groups -OCH3 is 1.